The van der Waals surface area contributed by atoms with Crippen LogP contribution in [0.25, 0.3) is 0 Å². The Morgan fingerprint density at radius 2 is 2.33 bits per heavy atom. The van der Waals surface area contributed by atoms with Crippen LogP contribution in [0.5, 0.6) is 0 Å². The Hall–Kier alpha value is -1.89. The van der Waals surface area contributed by atoms with E-state index < -0.39 is 0 Å². The maximum atomic E-state index is 12.2. The number of anilines is 2. The predicted molar refractivity (Wildman–Crippen MR) is 81.1 cm³/mol. The van der Waals surface area contributed by atoms with Crippen LogP contribution >= 0.6 is 0 Å². The Morgan fingerprint density at radius 1 is 1.52 bits per heavy atom. The second-order valence-corrected chi connectivity index (χ2v) is 5.00. The summed E-state index contributed by atoms with van der Waals surface area (Å²) in [6, 6.07) is 1.35. The van der Waals surface area contributed by atoms with Gasteiger partial charge in [0.15, 0.2) is 0 Å². The molecule has 0 radical (unpaired) electrons. The fourth-order valence-electron chi connectivity index (χ4n) is 2.37. The summed E-state index contributed by atoms with van der Waals surface area (Å²) < 4.78 is 5.43. The van der Waals surface area contributed by atoms with Gasteiger partial charge in [0, 0.05) is 25.6 Å². The lowest BCUT2D eigenvalue weighted by Crippen LogP contribution is -2.54. The standard InChI is InChI=1S/C14H23N5O2/c1-3-5-12-17-11(15)8-13(18-12)19-6-7-21-9-10(19)14(20)16-4-2/h8,10H,3-7,9H2,1-2H3,(H,16,20)(H2,15,17,18). The van der Waals surface area contributed by atoms with E-state index in [9.17, 15) is 4.79 Å². The van der Waals surface area contributed by atoms with Crippen LogP contribution in [-0.2, 0) is 16.0 Å². The van der Waals surface area contributed by atoms with E-state index in [1.807, 2.05) is 11.8 Å². The van der Waals surface area contributed by atoms with Gasteiger partial charge in [-0.05, 0) is 13.3 Å². The molecule has 1 amide bonds. The molecule has 1 aromatic heterocycles. The van der Waals surface area contributed by atoms with Crippen LogP contribution in [0.3, 0.4) is 0 Å². The third kappa shape index (κ3) is 3.81. The number of hydrogen-bond acceptors (Lipinski definition) is 6. The van der Waals surface area contributed by atoms with E-state index in [1.54, 1.807) is 6.07 Å². The molecule has 1 aliphatic heterocycles. The number of carbonyl (C=O) groups is 1. The largest absolute Gasteiger partial charge is 0.384 e. The van der Waals surface area contributed by atoms with Crippen LogP contribution < -0.4 is 16.0 Å². The van der Waals surface area contributed by atoms with Crippen LogP contribution in [0.15, 0.2) is 6.07 Å². The molecule has 1 saturated heterocycles. The van der Waals surface area contributed by atoms with Crippen molar-refractivity contribution in [3.63, 3.8) is 0 Å². The van der Waals surface area contributed by atoms with E-state index >= 15 is 0 Å². The zero-order valence-corrected chi connectivity index (χ0v) is 12.6. The summed E-state index contributed by atoms with van der Waals surface area (Å²) in [5, 5.41) is 2.83. The minimum atomic E-state index is -0.373. The predicted octanol–water partition coefficient (Wildman–Crippen LogP) is 0.353. The second kappa shape index (κ2) is 7.21. The van der Waals surface area contributed by atoms with Crippen LogP contribution in [0.1, 0.15) is 26.1 Å². The Kier molecular flexibility index (Phi) is 5.32. The van der Waals surface area contributed by atoms with Crippen LogP contribution in [-0.4, -0.2) is 48.2 Å². The number of ether oxygens (including phenoxy) is 1. The topological polar surface area (TPSA) is 93.4 Å². The first-order chi connectivity index (χ1) is 10.2. The number of likely N-dealkylation sites (N-methyl/N-ethyl adjacent to an activating group) is 1. The molecule has 1 unspecified atom stereocenters. The molecule has 1 aliphatic rings. The molecular formula is C14H23N5O2. The number of carbonyl (C=O) groups excluding carboxylic acids is 1. The Balaban J connectivity index is 2.26. The Morgan fingerprint density at radius 3 is 3.05 bits per heavy atom. The average Bonchev–Trinajstić information content (AvgIpc) is 2.47. The molecule has 1 fully saturated rings. The van der Waals surface area contributed by atoms with Crippen molar-refractivity contribution in [1.29, 1.82) is 0 Å². The second-order valence-electron chi connectivity index (χ2n) is 5.00. The summed E-state index contributed by atoms with van der Waals surface area (Å²) in [5.41, 5.74) is 5.87. The lowest BCUT2D eigenvalue weighted by Gasteiger charge is -2.35. The van der Waals surface area contributed by atoms with Crippen LogP contribution in [0.4, 0.5) is 11.6 Å². The monoisotopic (exact) mass is 293 g/mol. The average molecular weight is 293 g/mol. The van der Waals surface area contributed by atoms with E-state index in [0.717, 1.165) is 12.8 Å². The van der Waals surface area contributed by atoms with Crippen LogP contribution in [0.2, 0.25) is 0 Å². The molecule has 21 heavy (non-hydrogen) atoms. The summed E-state index contributed by atoms with van der Waals surface area (Å²) in [6.45, 7) is 6.11. The highest BCUT2D eigenvalue weighted by Gasteiger charge is 2.30. The van der Waals surface area contributed by atoms with Crippen molar-refractivity contribution in [3.8, 4) is 0 Å². The summed E-state index contributed by atoms with van der Waals surface area (Å²) >= 11 is 0. The van der Waals surface area contributed by atoms with Crippen molar-refractivity contribution in [1.82, 2.24) is 15.3 Å². The molecule has 116 valence electrons. The molecule has 1 aromatic rings. The lowest BCUT2D eigenvalue weighted by molar-refractivity contribution is -0.124. The molecule has 0 aromatic carbocycles. The first-order valence-electron chi connectivity index (χ1n) is 7.41. The molecule has 0 bridgehead atoms. The van der Waals surface area contributed by atoms with Gasteiger partial charge in [0.2, 0.25) is 5.91 Å². The van der Waals surface area contributed by atoms with Gasteiger partial charge < -0.3 is 20.7 Å². The molecule has 7 heteroatoms. The first-order valence-corrected chi connectivity index (χ1v) is 7.41. The lowest BCUT2D eigenvalue weighted by atomic mass is 10.2. The van der Waals surface area contributed by atoms with E-state index in [-0.39, 0.29) is 11.9 Å². The molecule has 2 heterocycles. The number of rotatable bonds is 5. The minimum Gasteiger partial charge on any atom is -0.384 e. The number of nitrogens with two attached hydrogens (primary N) is 1. The number of nitrogens with one attached hydrogen (secondary N) is 1. The van der Waals surface area contributed by atoms with Gasteiger partial charge in [-0.2, -0.15) is 0 Å². The molecule has 3 N–H and O–H groups in total. The molecule has 0 saturated carbocycles. The van der Waals surface area contributed by atoms with Crippen LogP contribution in [0, 0.1) is 0 Å². The normalized spacial score (nSPS) is 18.6. The van der Waals surface area contributed by atoms with Gasteiger partial charge in [0.25, 0.3) is 0 Å². The van der Waals surface area contributed by atoms with Crippen molar-refractivity contribution in [2.45, 2.75) is 32.7 Å². The van der Waals surface area contributed by atoms with E-state index in [0.29, 0.717) is 43.8 Å². The number of aryl methyl sites for hydroxylation is 1. The number of nitrogens with zero attached hydrogens (tertiary/aromatic N) is 3. The molecule has 0 aliphatic carbocycles. The summed E-state index contributed by atoms with van der Waals surface area (Å²) in [7, 11) is 0. The first kappa shape index (κ1) is 15.5. The maximum absolute atomic E-state index is 12.2. The molecule has 1 atom stereocenters. The quantitative estimate of drug-likeness (QED) is 0.814. The van der Waals surface area contributed by atoms with Gasteiger partial charge in [0.05, 0.1) is 13.2 Å². The van der Waals surface area contributed by atoms with Gasteiger partial charge in [-0.3, -0.25) is 4.79 Å². The number of nitrogen functional groups attached to an aromatic ring is 1. The molecule has 7 nitrogen and oxygen atoms in total. The number of hydrogen-bond donors (Lipinski definition) is 2. The van der Waals surface area contributed by atoms with Gasteiger partial charge in [-0.25, -0.2) is 9.97 Å². The van der Waals surface area contributed by atoms with Gasteiger partial charge in [-0.1, -0.05) is 6.92 Å². The zero-order valence-electron chi connectivity index (χ0n) is 12.6. The van der Waals surface area contributed by atoms with Crippen molar-refractivity contribution in [2.75, 3.05) is 36.9 Å². The fourth-order valence-corrected chi connectivity index (χ4v) is 2.37. The SMILES string of the molecule is CCCc1nc(N)cc(N2CCOCC2C(=O)NCC)n1. The van der Waals surface area contributed by atoms with Gasteiger partial charge in [-0.15, -0.1) is 0 Å². The van der Waals surface area contributed by atoms with Crippen molar-refractivity contribution in [3.05, 3.63) is 11.9 Å². The van der Waals surface area contributed by atoms with Gasteiger partial charge >= 0.3 is 0 Å². The number of amides is 1. The van der Waals surface area contributed by atoms with Gasteiger partial charge in [0.1, 0.15) is 23.5 Å². The van der Waals surface area contributed by atoms with E-state index in [1.165, 1.54) is 0 Å². The summed E-state index contributed by atoms with van der Waals surface area (Å²) in [6.07, 6.45) is 1.72. The van der Waals surface area contributed by atoms with Crippen molar-refractivity contribution >= 4 is 17.5 Å². The summed E-state index contributed by atoms with van der Waals surface area (Å²) in [5.74, 6) is 1.80. The third-order valence-electron chi connectivity index (χ3n) is 3.33. The van der Waals surface area contributed by atoms with E-state index in [4.69, 9.17) is 10.5 Å². The van der Waals surface area contributed by atoms with E-state index in [2.05, 4.69) is 22.2 Å². The third-order valence-corrected chi connectivity index (χ3v) is 3.33. The highest BCUT2D eigenvalue weighted by Crippen LogP contribution is 2.20. The highest BCUT2D eigenvalue weighted by atomic mass is 16.5. The smallest absolute Gasteiger partial charge is 0.245 e. The highest BCUT2D eigenvalue weighted by molar-refractivity contribution is 5.85. The number of morpholine rings is 1. The molecule has 0 spiro atoms. The molecule has 2 rings (SSSR count). The summed E-state index contributed by atoms with van der Waals surface area (Å²) in [4.78, 5) is 22.9. The molecular weight excluding hydrogens is 270 g/mol. The fraction of sp³-hybridized carbons (Fsp3) is 0.643. The van der Waals surface area contributed by atoms with Crippen molar-refractivity contribution < 1.29 is 9.53 Å². The number of aromatic nitrogens is 2. The van der Waals surface area contributed by atoms with Crippen molar-refractivity contribution in [2.24, 2.45) is 0 Å². The minimum absolute atomic E-state index is 0.0496. The maximum Gasteiger partial charge on any atom is 0.245 e. The zero-order chi connectivity index (χ0) is 15.2. The Bertz CT molecular complexity index is 494. The Labute approximate surface area is 124 Å².